The smallest absolute Gasteiger partial charge is 0.396 e. The number of phenolic OH excluding ortho intramolecular Hbond substituents is 1. The maximum atomic E-state index is 15.1. The molecule has 12 atom stereocenters. The first kappa shape index (κ1) is 108. The number of rotatable bonds is 24. The van der Waals surface area contributed by atoms with Crippen molar-refractivity contribution in [3.8, 4) is 11.5 Å². The van der Waals surface area contributed by atoms with Gasteiger partial charge in [0.05, 0.1) is 26.1 Å². The van der Waals surface area contributed by atoms with Crippen molar-refractivity contribution in [1.29, 1.82) is 0 Å². The molecule has 6 rings (SSSR count). The molecule has 0 spiro atoms. The number of methoxy groups -OCH3 is 1. The molecule has 3 aromatic heterocycles. The number of aliphatic carboxylic acids is 1. The number of aliphatic hydroxyl groups excluding tert-OH is 1. The highest BCUT2D eigenvalue weighted by Gasteiger charge is 2.46. The van der Waals surface area contributed by atoms with Crippen molar-refractivity contribution < 1.29 is 92.0 Å². The number of H-pyrrole nitrogens is 1. The number of phenols is 1. The number of allylic oxidation sites excluding steroid dienone is 4. The SMILES string of the molecule is C/C=C/CC(C)C(O)C1C(=O)NC(CC)C(=O)N(C)CC(=O)N(C)C(CC(C)C)C(=O)NC(C(C)C)C(=O)N(C)C(CC(C)C)C(=O)NC(C)C(=O)NC(C)C(=O)N(C)C(CC(C)C)C(=O)N(C)C(CC(C)C)C(=O)N(C)C(C(C)C)C(=O)N1C.COc1c(C)c2c(c(O)c1C/C=C(\C)CCC(=O)O)C(=O)OC2.Cn1cnc([N+](=O)[O-])c1Sc1ncnc2nc[nH]c12. The molecule has 1 aromatic carbocycles. The molecule has 0 radical (unpaired) electrons. The lowest BCUT2D eigenvalue weighted by Crippen LogP contribution is -2.63. The molecule has 2 aliphatic rings. The maximum Gasteiger partial charge on any atom is 0.396 e. The van der Waals surface area contributed by atoms with Gasteiger partial charge < -0.3 is 100 Å². The number of fused-ring (bicyclic) bond motifs is 2. The molecule has 11 amide bonds. The summed E-state index contributed by atoms with van der Waals surface area (Å²) in [6.45, 7) is 33.1. The lowest BCUT2D eigenvalue weighted by Gasteiger charge is -2.41. The number of carboxylic acids is 1. The van der Waals surface area contributed by atoms with E-state index in [1.54, 1.807) is 66.2 Å². The topological polar surface area (TPSA) is 487 Å². The summed E-state index contributed by atoms with van der Waals surface area (Å²) in [5.74, 6) is -10.9. The number of imidazole rings is 2. The van der Waals surface area contributed by atoms with E-state index in [9.17, 15) is 73.1 Å². The number of amides is 11. The summed E-state index contributed by atoms with van der Waals surface area (Å²) < 4.78 is 12.0. The summed E-state index contributed by atoms with van der Waals surface area (Å²) >= 11 is 1.15. The standard InChI is InChI=1S/C62H111N11O12.C17H20O6.C9H7N7O2S/c1-25-27-28-40(15)52(75)51-56(79)65-43(26-2)58(81)67(18)33-48(74)68(19)44(29-34(3)4)55(78)66-49(38(11)12)61(84)69(20)45(30-35(5)6)54(77)63-41(16)53(76)64-42(17)57(80)70(21)46(31-36(7)8)59(82)71(22)47(32-37(9)10)60(83)72(23)50(39(13)14)62(85)73(51)24;1-9(5-7-13(18)19)4-6-11-15(20)14-12(8-23-17(14)21)10(2)16(11)22-3;1-15-4-14-7(16(17)18)9(15)19-8-5-6(11-2-10-5)12-3-13-8/h25,27,34-47,49-52,75H,26,28-33H2,1-24H3,(H,63,77)(H,64,76)(H,65,79)(H,66,78);4,20H,5-8H2,1-3H3,(H,18,19);2-4H,1H3,(H,10,11,12,13)/b27-25+;9-4+;. The van der Waals surface area contributed by atoms with Crippen molar-refractivity contribution in [2.24, 2.45) is 48.5 Å². The number of nitrogens with one attached hydrogen (secondary N) is 5. The van der Waals surface area contributed by atoms with Gasteiger partial charge in [0.2, 0.25) is 71.3 Å². The van der Waals surface area contributed by atoms with E-state index in [1.807, 2.05) is 81.4 Å². The zero-order valence-corrected chi connectivity index (χ0v) is 80.0. The van der Waals surface area contributed by atoms with Crippen LogP contribution >= 0.6 is 11.8 Å². The number of carboxylic acid groups (broad SMARTS) is 1. The van der Waals surface area contributed by atoms with Crippen molar-refractivity contribution in [2.75, 3.05) is 63.0 Å². The highest BCUT2D eigenvalue weighted by Crippen LogP contribution is 2.43. The average molecular weight is 1800 g/mol. The number of aromatic nitrogens is 6. The Hall–Kier alpha value is -11.1. The van der Waals surface area contributed by atoms with Crippen molar-refractivity contribution in [1.82, 2.24) is 85.1 Å². The fourth-order valence-electron chi connectivity index (χ4n) is 15.0. The van der Waals surface area contributed by atoms with E-state index in [4.69, 9.17) is 14.6 Å². The third-order valence-electron chi connectivity index (χ3n) is 22.5. The number of likely N-dealkylation sites (N-methyl/N-ethyl adjacent to an activating group) is 7. The summed E-state index contributed by atoms with van der Waals surface area (Å²) in [5.41, 5.74) is 4.20. The van der Waals surface area contributed by atoms with E-state index in [-0.39, 0.29) is 85.9 Å². The number of carbonyl (C=O) groups is 13. The molecule has 5 heterocycles. The molecule has 2 aliphatic heterocycles. The highest BCUT2D eigenvalue weighted by molar-refractivity contribution is 7.99. The van der Waals surface area contributed by atoms with Gasteiger partial charge in [0.1, 0.15) is 101 Å². The molecule has 1 saturated heterocycles. The van der Waals surface area contributed by atoms with Crippen LogP contribution in [0.5, 0.6) is 11.5 Å². The number of benzene rings is 1. The second-order valence-electron chi connectivity index (χ2n) is 35.3. The van der Waals surface area contributed by atoms with Gasteiger partial charge in [0.15, 0.2) is 10.7 Å². The molecule has 1 fully saturated rings. The summed E-state index contributed by atoms with van der Waals surface area (Å²) in [7, 11) is 13.1. The Labute approximate surface area is 749 Å². The van der Waals surface area contributed by atoms with Gasteiger partial charge in [-0.15, -0.1) is 0 Å². The average Bonchev–Trinajstić information content (AvgIpc) is 1.44. The molecule has 0 bridgehead atoms. The molecule has 39 heteroatoms. The van der Waals surface area contributed by atoms with E-state index in [1.165, 1.54) is 114 Å². The number of aryl methyl sites for hydroxylation is 1. The van der Waals surface area contributed by atoms with Gasteiger partial charge in [-0.25, -0.2) is 19.7 Å². The molecule has 706 valence electrons. The number of aromatic hydroxyl groups is 1. The van der Waals surface area contributed by atoms with Crippen LogP contribution in [0.3, 0.4) is 0 Å². The van der Waals surface area contributed by atoms with Crippen LogP contribution in [0.1, 0.15) is 203 Å². The fraction of sp³-hybridized carbons (Fsp3) is 0.648. The molecule has 4 aromatic rings. The molecular formula is C88H138N18O20S. The van der Waals surface area contributed by atoms with E-state index in [2.05, 4.69) is 46.2 Å². The normalized spacial score (nSPS) is 22.1. The Morgan fingerprint density at radius 1 is 0.654 bits per heavy atom. The Morgan fingerprint density at radius 2 is 1.18 bits per heavy atom. The van der Waals surface area contributed by atoms with Gasteiger partial charge in [-0.05, 0) is 155 Å². The Morgan fingerprint density at radius 3 is 1.71 bits per heavy atom. The minimum absolute atomic E-state index is 0.0229. The zero-order valence-electron chi connectivity index (χ0n) is 79.1. The van der Waals surface area contributed by atoms with Crippen LogP contribution in [0.25, 0.3) is 11.2 Å². The van der Waals surface area contributed by atoms with E-state index >= 15 is 9.59 Å². The second kappa shape index (κ2) is 49.3. The van der Waals surface area contributed by atoms with Crippen molar-refractivity contribution in [2.45, 2.75) is 273 Å². The van der Waals surface area contributed by atoms with Gasteiger partial charge in [-0.2, -0.15) is 0 Å². The van der Waals surface area contributed by atoms with Gasteiger partial charge >= 0.3 is 17.8 Å². The third-order valence-corrected chi connectivity index (χ3v) is 23.7. The van der Waals surface area contributed by atoms with Crippen molar-refractivity contribution in [3.63, 3.8) is 0 Å². The number of esters is 1. The van der Waals surface area contributed by atoms with Crippen molar-refractivity contribution in [3.05, 3.63) is 75.2 Å². The number of carbonyl (C=O) groups excluding carboxylic acids is 12. The quantitative estimate of drug-likeness (QED) is 0.0113. The van der Waals surface area contributed by atoms with Crippen LogP contribution in [0, 0.1) is 58.5 Å². The zero-order chi connectivity index (χ0) is 96.5. The van der Waals surface area contributed by atoms with Crippen LogP contribution in [0.2, 0.25) is 0 Å². The minimum atomic E-state index is -1.61. The number of nitro groups is 1. The summed E-state index contributed by atoms with van der Waals surface area (Å²) in [4.78, 5) is 220. The lowest BCUT2D eigenvalue weighted by atomic mass is 9.91. The summed E-state index contributed by atoms with van der Waals surface area (Å²) in [6, 6.07) is -12.3. The van der Waals surface area contributed by atoms with Crippen LogP contribution in [0.15, 0.2) is 52.8 Å². The van der Waals surface area contributed by atoms with Crippen LogP contribution < -0.4 is 26.0 Å². The highest BCUT2D eigenvalue weighted by atomic mass is 32.2. The first-order valence-corrected chi connectivity index (χ1v) is 43.8. The van der Waals surface area contributed by atoms with E-state index < -0.39 is 173 Å². The van der Waals surface area contributed by atoms with Crippen molar-refractivity contribution >= 4 is 106 Å². The van der Waals surface area contributed by atoms with Gasteiger partial charge in [0, 0.05) is 73.9 Å². The predicted octanol–water partition coefficient (Wildman–Crippen LogP) is 7.15. The Balaban J connectivity index is 0.000000637. The Bertz CT molecular complexity index is 4600. The molecule has 8 N–H and O–H groups in total. The minimum Gasteiger partial charge on any atom is -0.507 e. The Kier molecular flexibility index (Phi) is 42.0. The summed E-state index contributed by atoms with van der Waals surface area (Å²) in [5, 5.41) is 54.1. The number of aliphatic hydroxyl groups is 1. The van der Waals surface area contributed by atoms with Crippen LogP contribution in [-0.2, 0) is 82.3 Å². The first-order valence-electron chi connectivity index (χ1n) is 43.0. The predicted molar refractivity (Wildman–Crippen MR) is 477 cm³/mol. The molecule has 0 aliphatic carbocycles. The number of ether oxygens (including phenoxy) is 2. The number of nitrogens with zero attached hydrogens (tertiary/aromatic N) is 13. The molecule has 12 unspecified atom stereocenters. The molecule has 127 heavy (non-hydrogen) atoms. The van der Waals surface area contributed by atoms with Gasteiger partial charge in [-0.3, -0.25) is 57.5 Å². The number of cyclic esters (lactones) is 1. The molecular weight excluding hydrogens is 1660 g/mol. The first-order chi connectivity index (χ1) is 59.2. The number of hydrogen-bond acceptors (Lipinski definition) is 24. The maximum absolute atomic E-state index is 15.1. The second-order valence-corrected chi connectivity index (χ2v) is 36.3. The molecule has 38 nitrogen and oxygen atoms in total. The summed E-state index contributed by atoms with van der Waals surface area (Å²) in [6.07, 6.45) is 9.99. The fourth-order valence-corrected chi connectivity index (χ4v) is 15.9. The largest absolute Gasteiger partial charge is 0.507 e. The van der Waals surface area contributed by atoms with Gasteiger partial charge in [-0.1, -0.05) is 121 Å². The van der Waals surface area contributed by atoms with Crippen LogP contribution in [0.4, 0.5) is 5.82 Å². The lowest BCUT2D eigenvalue weighted by molar-refractivity contribution is -0.392. The van der Waals surface area contributed by atoms with Crippen LogP contribution in [-0.4, -0.2) is 290 Å². The van der Waals surface area contributed by atoms with E-state index in [0.29, 0.717) is 57.4 Å². The molecule has 0 saturated carbocycles. The van der Waals surface area contributed by atoms with Gasteiger partial charge in [0.25, 0.3) is 0 Å². The van der Waals surface area contributed by atoms with E-state index in [0.717, 1.165) is 32.7 Å². The number of hydrogen-bond donors (Lipinski definition) is 8. The monoisotopic (exact) mass is 1800 g/mol. The number of aromatic amines is 1. The third kappa shape index (κ3) is 28.9.